The molecule has 1 aliphatic rings. The number of hydrogen-bond acceptors (Lipinski definition) is 3. The van der Waals surface area contributed by atoms with Crippen molar-refractivity contribution in [2.45, 2.75) is 38.6 Å². The van der Waals surface area contributed by atoms with E-state index < -0.39 is 0 Å². The number of methoxy groups -OCH3 is 1. The molecule has 0 radical (unpaired) electrons. The summed E-state index contributed by atoms with van der Waals surface area (Å²) in [5, 5.41) is 12.1. The zero-order valence-electron chi connectivity index (χ0n) is 16.7. The Balaban J connectivity index is 1.52. The summed E-state index contributed by atoms with van der Waals surface area (Å²) in [4.78, 5) is 4.37. The zero-order valence-corrected chi connectivity index (χ0v) is 17.5. The molecule has 0 spiro atoms. The Morgan fingerprint density at radius 1 is 1.25 bits per heavy atom. The van der Waals surface area contributed by atoms with Crippen molar-refractivity contribution in [2.75, 3.05) is 27.3 Å². The third kappa shape index (κ3) is 5.49. The molecule has 2 N–H and O–H groups in total. The van der Waals surface area contributed by atoms with Crippen molar-refractivity contribution in [3.8, 4) is 5.69 Å². The summed E-state index contributed by atoms with van der Waals surface area (Å²) in [7, 11) is 3.59. The highest BCUT2D eigenvalue weighted by Crippen LogP contribution is 2.40. The molecule has 1 fully saturated rings. The number of nitrogens with zero attached hydrogens (tertiary/aromatic N) is 3. The van der Waals surface area contributed by atoms with Crippen LogP contribution in [0.1, 0.15) is 37.7 Å². The number of nitrogens with one attached hydrogen (secondary N) is 2. The fourth-order valence-electron chi connectivity index (χ4n) is 3.82. The van der Waals surface area contributed by atoms with Gasteiger partial charge in [0.05, 0.1) is 11.9 Å². The van der Waals surface area contributed by atoms with Crippen molar-refractivity contribution in [3.63, 3.8) is 0 Å². The van der Waals surface area contributed by atoms with Gasteiger partial charge in [-0.05, 0) is 48.9 Å². The average Bonchev–Trinajstić information content (AvgIpc) is 3.37. The first kappa shape index (κ1) is 20.7. The lowest BCUT2D eigenvalue weighted by molar-refractivity contribution is 0.138. The van der Waals surface area contributed by atoms with Crippen LogP contribution in [0, 0.1) is 5.41 Å². The number of aromatic nitrogens is 2. The highest BCUT2D eigenvalue weighted by molar-refractivity contribution is 6.30. The minimum absolute atomic E-state index is 0.326. The smallest absolute Gasteiger partial charge is 0.191 e. The second-order valence-corrected chi connectivity index (χ2v) is 7.94. The monoisotopic (exact) mass is 403 g/mol. The van der Waals surface area contributed by atoms with Crippen LogP contribution in [0.5, 0.6) is 0 Å². The first-order valence-corrected chi connectivity index (χ1v) is 10.2. The molecule has 1 heterocycles. The van der Waals surface area contributed by atoms with E-state index >= 15 is 0 Å². The van der Waals surface area contributed by atoms with Gasteiger partial charge in [-0.15, -0.1) is 0 Å². The van der Waals surface area contributed by atoms with Crippen molar-refractivity contribution < 1.29 is 4.74 Å². The largest absolute Gasteiger partial charge is 0.385 e. The van der Waals surface area contributed by atoms with Gasteiger partial charge in [-0.25, -0.2) is 4.68 Å². The Morgan fingerprint density at radius 3 is 2.68 bits per heavy atom. The summed E-state index contributed by atoms with van der Waals surface area (Å²) in [6.45, 7) is 2.41. The van der Waals surface area contributed by atoms with Crippen molar-refractivity contribution in [3.05, 3.63) is 47.2 Å². The lowest BCUT2D eigenvalue weighted by Crippen LogP contribution is -2.43. The molecule has 28 heavy (non-hydrogen) atoms. The second-order valence-electron chi connectivity index (χ2n) is 7.50. The molecule has 0 atom stereocenters. The van der Waals surface area contributed by atoms with Crippen LogP contribution >= 0.6 is 11.6 Å². The molecule has 0 amide bonds. The lowest BCUT2D eigenvalue weighted by Gasteiger charge is -2.29. The van der Waals surface area contributed by atoms with Crippen molar-refractivity contribution >= 4 is 17.6 Å². The third-order valence-electron chi connectivity index (χ3n) is 5.54. The predicted octanol–water partition coefficient (Wildman–Crippen LogP) is 3.79. The molecule has 152 valence electrons. The van der Waals surface area contributed by atoms with Crippen molar-refractivity contribution in [1.82, 2.24) is 20.4 Å². The van der Waals surface area contributed by atoms with E-state index in [1.165, 1.54) is 25.7 Å². The minimum atomic E-state index is 0.326. The van der Waals surface area contributed by atoms with Crippen molar-refractivity contribution in [1.29, 1.82) is 0 Å². The molecule has 7 heteroatoms. The van der Waals surface area contributed by atoms with Crippen LogP contribution in [0.15, 0.2) is 41.7 Å². The summed E-state index contributed by atoms with van der Waals surface area (Å²) < 4.78 is 7.17. The van der Waals surface area contributed by atoms with E-state index in [0.29, 0.717) is 12.0 Å². The van der Waals surface area contributed by atoms with Gasteiger partial charge >= 0.3 is 0 Å². The van der Waals surface area contributed by atoms with Gasteiger partial charge in [-0.1, -0.05) is 24.4 Å². The molecule has 1 aromatic heterocycles. The molecule has 0 aliphatic heterocycles. The van der Waals surface area contributed by atoms with Gasteiger partial charge in [0.25, 0.3) is 0 Å². The minimum Gasteiger partial charge on any atom is -0.385 e. The van der Waals surface area contributed by atoms with E-state index in [1.807, 2.05) is 48.4 Å². The fourth-order valence-corrected chi connectivity index (χ4v) is 3.95. The Hall–Kier alpha value is -2.05. The third-order valence-corrected chi connectivity index (χ3v) is 5.79. The van der Waals surface area contributed by atoms with E-state index in [4.69, 9.17) is 16.3 Å². The molecule has 0 unspecified atom stereocenters. The standard InChI is InChI=1S/C21H30ClN5O/c1-23-20(25-16-21(11-12-28-2)9-3-4-10-21)24-13-17-14-26-27(15-17)19-7-5-18(22)6-8-19/h5-8,14-15H,3-4,9-13,16H2,1-2H3,(H2,23,24,25). The van der Waals surface area contributed by atoms with Crippen LogP contribution in [0.3, 0.4) is 0 Å². The van der Waals surface area contributed by atoms with E-state index in [-0.39, 0.29) is 0 Å². The van der Waals surface area contributed by atoms with E-state index in [9.17, 15) is 0 Å². The van der Waals surface area contributed by atoms with Gasteiger partial charge in [-0.2, -0.15) is 5.10 Å². The van der Waals surface area contributed by atoms with E-state index in [1.54, 1.807) is 7.11 Å². The van der Waals surface area contributed by atoms with Gasteiger partial charge in [0.15, 0.2) is 5.96 Å². The molecular formula is C21H30ClN5O. The maximum Gasteiger partial charge on any atom is 0.191 e. The van der Waals surface area contributed by atoms with E-state index in [2.05, 4.69) is 20.7 Å². The average molecular weight is 404 g/mol. The van der Waals surface area contributed by atoms with Crippen LogP contribution in [0.2, 0.25) is 5.02 Å². The number of rotatable bonds is 8. The molecule has 1 saturated carbocycles. The molecule has 1 aliphatic carbocycles. The number of benzene rings is 1. The normalized spacial score (nSPS) is 16.3. The van der Waals surface area contributed by atoms with Gasteiger partial charge in [-0.3, -0.25) is 4.99 Å². The maximum absolute atomic E-state index is 5.95. The van der Waals surface area contributed by atoms with Gasteiger partial charge in [0, 0.05) is 50.6 Å². The molecule has 2 aromatic rings. The zero-order chi connectivity index (χ0) is 19.8. The molecule has 3 rings (SSSR count). The Labute approximate surface area is 172 Å². The molecule has 0 saturated heterocycles. The maximum atomic E-state index is 5.95. The lowest BCUT2D eigenvalue weighted by atomic mass is 9.83. The second kappa shape index (κ2) is 9.94. The van der Waals surface area contributed by atoms with Crippen LogP contribution < -0.4 is 10.6 Å². The summed E-state index contributed by atoms with van der Waals surface area (Å²) in [6, 6.07) is 7.64. The van der Waals surface area contributed by atoms with Crippen LogP contribution in [0.4, 0.5) is 0 Å². The summed E-state index contributed by atoms with van der Waals surface area (Å²) in [5.41, 5.74) is 2.40. The molecular weight excluding hydrogens is 374 g/mol. The number of ether oxygens (including phenoxy) is 1. The Kier molecular flexibility index (Phi) is 7.34. The Bertz CT molecular complexity index is 765. The van der Waals surface area contributed by atoms with Crippen molar-refractivity contribution in [2.24, 2.45) is 10.4 Å². The molecule has 0 bridgehead atoms. The molecule has 1 aromatic carbocycles. The predicted molar refractivity (Wildman–Crippen MR) is 114 cm³/mol. The highest BCUT2D eigenvalue weighted by atomic mass is 35.5. The van der Waals surface area contributed by atoms with E-state index in [0.717, 1.165) is 41.8 Å². The van der Waals surface area contributed by atoms with Gasteiger partial charge in [0.2, 0.25) is 0 Å². The summed E-state index contributed by atoms with van der Waals surface area (Å²) in [6.07, 6.45) is 10.1. The van der Waals surface area contributed by atoms with Crippen LogP contribution in [-0.4, -0.2) is 43.0 Å². The molecule has 6 nitrogen and oxygen atoms in total. The summed E-state index contributed by atoms with van der Waals surface area (Å²) in [5.74, 6) is 0.822. The SMILES string of the molecule is CN=C(NCc1cnn(-c2ccc(Cl)cc2)c1)NCC1(CCOC)CCCC1. The van der Waals surface area contributed by atoms with Gasteiger partial charge in [0.1, 0.15) is 0 Å². The van der Waals surface area contributed by atoms with Crippen LogP contribution in [-0.2, 0) is 11.3 Å². The number of hydrogen-bond donors (Lipinski definition) is 2. The topological polar surface area (TPSA) is 63.5 Å². The number of aliphatic imine (C=N–C) groups is 1. The number of guanidine groups is 1. The van der Waals surface area contributed by atoms with Gasteiger partial charge < -0.3 is 15.4 Å². The highest BCUT2D eigenvalue weighted by Gasteiger charge is 2.33. The number of halogens is 1. The quantitative estimate of drug-likeness (QED) is 0.520. The first-order valence-electron chi connectivity index (χ1n) is 9.87. The summed E-state index contributed by atoms with van der Waals surface area (Å²) >= 11 is 5.95. The van der Waals surface area contributed by atoms with Crippen LogP contribution in [0.25, 0.3) is 5.69 Å². The Morgan fingerprint density at radius 2 is 2.00 bits per heavy atom. The first-order chi connectivity index (χ1) is 13.6. The fraction of sp³-hybridized carbons (Fsp3) is 0.524.